The third-order valence-corrected chi connectivity index (χ3v) is 15.0. The van der Waals surface area contributed by atoms with E-state index in [0.29, 0.717) is 55.6 Å². The molecule has 0 amide bonds. The van der Waals surface area contributed by atoms with Crippen LogP contribution in [0.4, 0.5) is 0 Å². The van der Waals surface area contributed by atoms with E-state index < -0.39 is 48.8 Å². The molecule has 0 aliphatic carbocycles. The maximum absolute atomic E-state index is 14.8. The Hall–Kier alpha value is -8.44. The lowest BCUT2D eigenvalue weighted by Gasteiger charge is -2.24. The number of esters is 6. The van der Waals surface area contributed by atoms with Crippen molar-refractivity contribution < 1.29 is 105 Å². The second-order valence-electron chi connectivity index (χ2n) is 19.4. The van der Waals surface area contributed by atoms with Crippen molar-refractivity contribution in [2.75, 3.05) is 71.1 Å². The number of methoxy groups -OCH3 is 10. The summed E-state index contributed by atoms with van der Waals surface area (Å²) < 4.78 is 90.2. The molecule has 5 aromatic rings. The minimum atomic E-state index is -1.29. The maximum atomic E-state index is 14.8. The van der Waals surface area contributed by atoms with Gasteiger partial charge in [-0.05, 0) is 147 Å². The standard InChI is InChI=1S/C62H74O22/c1-25-29(5)47(34(10)49(69-15)39(25)55(63)79-45-31(7)27(3)41(51(71-17)36(45)12)59(67)83-61(75-21)76-22)81-57(65)43-33(9)44(54(74-20)38(14)53(43)73-19)58(66)82-48-30(6)26(2)40(50(70-16)35(48)11)56(64)80-46-32(8)28(4)42(52(72-18)37(46)13)60(68)84-62(77-23)78-24/h61-62H,1-24H3. The van der Waals surface area contributed by atoms with Gasteiger partial charge in [0.25, 0.3) is 0 Å². The summed E-state index contributed by atoms with van der Waals surface area (Å²) >= 11 is 0. The zero-order valence-corrected chi connectivity index (χ0v) is 52.1. The van der Waals surface area contributed by atoms with E-state index in [1.807, 2.05) is 0 Å². The van der Waals surface area contributed by atoms with Gasteiger partial charge in [-0.1, -0.05) is 0 Å². The van der Waals surface area contributed by atoms with Crippen molar-refractivity contribution in [3.63, 3.8) is 0 Å². The third-order valence-electron chi connectivity index (χ3n) is 15.0. The summed E-state index contributed by atoms with van der Waals surface area (Å²) in [4.78, 5) is 85.2. The highest BCUT2D eigenvalue weighted by Gasteiger charge is 2.37. The monoisotopic (exact) mass is 1170 g/mol. The fraction of sp³-hybridized carbons (Fsp3) is 0.419. The van der Waals surface area contributed by atoms with Gasteiger partial charge in [-0.25, -0.2) is 28.8 Å². The van der Waals surface area contributed by atoms with Crippen LogP contribution in [0.3, 0.4) is 0 Å². The predicted octanol–water partition coefficient (Wildman–Crippen LogP) is 10.4. The van der Waals surface area contributed by atoms with Gasteiger partial charge < -0.3 is 75.8 Å². The quantitative estimate of drug-likeness (QED) is 0.0355. The van der Waals surface area contributed by atoms with Gasteiger partial charge in [-0.3, -0.25) is 0 Å². The Kier molecular flexibility index (Phi) is 21.6. The van der Waals surface area contributed by atoms with Gasteiger partial charge in [-0.2, -0.15) is 0 Å². The predicted molar refractivity (Wildman–Crippen MR) is 304 cm³/mol. The first-order valence-corrected chi connectivity index (χ1v) is 26.0. The van der Waals surface area contributed by atoms with E-state index >= 15 is 0 Å². The van der Waals surface area contributed by atoms with Crippen LogP contribution in [0.15, 0.2) is 0 Å². The topological polar surface area (TPSA) is 250 Å². The number of hydrogen-bond donors (Lipinski definition) is 0. The van der Waals surface area contributed by atoms with Gasteiger partial charge in [-0.15, -0.1) is 0 Å². The number of ether oxygens (including phenoxy) is 16. The first-order chi connectivity index (χ1) is 39.6. The first-order valence-electron chi connectivity index (χ1n) is 26.0. The van der Waals surface area contributed by atoms with E-state index in [1.165, 1.54) is 78.0 Å². The van der Waals surface area contributed by atoms with Gasteiger partial charge >= 0.3 is 48.8 Å². The van der Waals surface area contributed by atoms with Crippen LogP contribution in [0.2, 0.25) is 0 Å². The van der Waals surface area contributed by atoms with E-state index in [0.717, 1.165) is 0 Å². The maximum Gasteiger partial charge on any atom is 0.347 e. The Morgan fingerprint density at radius 3 is 0.560 bits per heavy atom. The second kappa shape index (κ2) is 27.3. The molecule has 0 N–H and O–H groups in total. The molecule has 0 fully saturated rings. The molecule has 0 radical (unpaired) electrons. The molecule has 0 saturated carbocycles. The first kappa shape index (κ1) is 66.4. The lowest BCUT2D eigenvalue weighted by atomic mass is 9.94. The van der Waals surface area contributed by atoms with Crippen LogP contribution in [0.1, 0.15) is 140 Å². The highest BCUT2D eigenvalue weighted by atomic mass is 16.9. The molecule has 0 unspecified atom stereocenters. The number of carbonyl (C=O) groups excluding carboxylic acids is 6. The summed E-state index contributed by atoms with van der Waals surface area (Å²) in [7, 11) is 13.3. The molecular formula is C62H74O22. The van der Waals surface area contributed by atoms with Gasteiger partial charge in [0, 0.05) is 56.3 Å². The van der Waals surface area contributed by atoms with Crippen molar-refractivity contribution in [2.24, 2.45) is 0 Å². The Balaban J connectivity index is 1.55. The molecule has 454 valence electrons. The Bertz CT molecular complexity index is 3250. The highest BCUT2D eigenvalue weighted by Crippen LogP contribution is 2.47. The Morgan fingerprint density at radius 2 is 0.381 bits per heavy atom. The average Bonchev–Trinajstić information content (AvgIpc) is 3.67. The van der Waals surface area contributed by atoms with Gasteiger partial charge in [0.1, 0.15) is 90.9 Å². The molecule has 84 heavy (non-hydrogen) atoms. The van der Waals surface area contributed by atoms with E-state index in [-0.39, 0.29) is 113 Å². The summed E-state index contributed by atoms with van der Waals surface area (Å²) in [6.45, 7) is 20.2. The molecule has 0 aliphatic rings. The molecule has 0 bridgehead atoms. The van der Waals surface area contributed by atoms with Crippen LogP contribution in [0.25, 0.3) is 0 Å². The van der Waals surface area contributed by atoms with Crippen molar-refractivity contribution in [2.45, 2.75) is 110 Å². The zero-order chi connectivity index (χ0) is 63.3. The van der Waals surface area contributed by atoms with Crippen LogP contribution in [-0.2, 0) is 28.4 Å². The molecule has 5 rings (SSSR count). The zero-order valence-electron chi connectivity index (χ0n) is 52.1. The SMILES string of the molecule is COc1c(C)c(OC(=O)c2c(C)c(C)c(OC(=O)c3c(C)c(C(=O)Oc4c(C)c(C)c(C(=O)Oc5c(C)c(C)c(C(=O)OC(OC)OC)c(OC)c5C)c(OC)c4C)c(OC)c(C)c3OC)c(C)c2OC)c(C)c(C)c1C(=O)OC(OC)OC. The number of rotatable bonds is 22. The lowest BCUT2D eigenvalue weighted by molar-refractivity contribution is -0.236. The summed E-state index contributed by atoms with van der Waals surface area (Å²) in [5.41, 5.74) is 4.38. The summed E-state index contributed by atoms with van der Waals surface area (Å²) in [5, 5.41) is 0. The minimum absolute atomic E-state index is 0.0206. The fourth-order valence-electron chi connectivity index (χ4n) is 10.2. The molecule has 0 atom stereocenters. The molecule has 5 aromatic carbocycles. The van der Waals surface area contributed by atoms with Crippen LogP contribution >= 0.6 is 0 Å². The number of hydrogen-bond acceptors (Lipinski definition) is 22. The van der Waals surface area contributed by atoms with E-state index in [1.54, 1.807) is 90.0 Å². The number of benzene rings is 5. The van der Waals surface area contributed by atoms with E-state index in [4.69, 9.17) is 75.8 Å². The lowest BCUT2D eigenvalue weighted by Crippen LogP contribution is -2.23. The molecule has 0 aliphatic heterocycles. The largest absolute Gasteiger partial charge is 0.495 e. The fourth-order valence-corrected chi connectivity index (χ4v) is 10.2. The average molecular weight is 1170 g/mol. The van der Waals surface area contributed by atoms with E-state index in [9.17, 15) is 28.8 Å². The van der Waals surface area contributed by atoms with Crippen molar-refractivity contribution in [1.29, 1.82) is 0 Å². The van der Waals surface area contributed by atoms with Crippen LogP contribution in [0, 0.1) is 96.9 Å². The Labute approximate surface area is 488 Å². The molecule has 0 spiro atoms. The molecule has 0 saturated heterocycles. The summed E-state index contributed by atoms with van der Waals surface area (Å²) in [6.07, 6.45) is 0. The van der Waals surface area contributed by atoms with Gasteiger partial charge in [0.2, 0.25) is 0 Å². The van der Waals surface area contributed by atoms with Crippen molar-refractivity contribution in [1.82, 2.24) is 0 Å². The second-order valence-corrected chi connectivity index (χ2v) is 19.4. The normalized spacial score (nSPS) is 11.1. The summed E-state index contributed by atoms with van der Waals surface area (Å²) in [5.74, 6) is -4.53. The van der Waals surface area contributed by atoms with Crippen molar-refractivity contribution in [3.8, 4) is 57.5 Å². The molecule has 0 heterocycles. The number of carbonyl (C=O) groups is 6. The Morgan fingerprint density at radius 1 is 0.214 bits per heavy atom. The third kappa shape index (κ3) is 12.0. The highest BCUT2D eigenvalue weighted by molar-refractivity contribution is 6.06. The smallest absolute Gasteiger partial charge is 0.347 e. The van der Waals surface area contributed by atoms with Crippen molar-refractivity contribution >= 4 is 35.8 Å². The van der Waals surface area contributed by atoms with Crippen LogP contribution < -0.4 is 47.4 Å². The molecule has 22 nitrogen and oxygen atoms in total. The van der Waals surface area contributed by atoms with E-state index in [2.05, 4.69) is 0 Å². The molecule has 0 aromatic heterocycles. The summed E-state index contributed by atoms with van der Waals surface area (Å²) in [6, 6.07) is 0. The van der Waals surface area contributed by atoms with Gasteiger partial charge in [0.15, 0.2) is 0 Å². The minimum Gasteiger partial charge on any atom is -0.495 e. The van der Waals surface area contributed by atoms with Gasteiger partial charge in [0.05, 0.1) is 42.7 Å². The van der Waals surface area contributed by atoms with Crippen LogP contribution in [-0.4, -0.2) is 120 Å². The van der Waals surface area contributed by atoms with Crippen LogP contribution in [0.5, 0.6) is 57.5 Å². The van der Waals surface area contributed by atoms with Crippen molar-refractivity contribution in [3.05, 3.63) is 111 Å². The molecule has 22 heteroatoms. The molecular weight excluding hydrogens is 1100 g/mol.